The fourth-order valence-electron chi connectivity index (χ4n) is 3.25. The van der Waals surface area contributed by atoms with Gasteiger partial charge in [0.15, 0.2) is 0 Å². The van der Waals surface area contributed by atoms with Gasteiger partial charge in [0.2, 0.25) is 5.88 Å². The molecule has 170 valence electrons. The highest BCUT2D eigenvalue weighted by Crippen LogP contribution is 2.32. The summed E-state index contributed by atoms with van der Waals surface area (Å²) in [5.74, 6) is 0.143. The molecule has 0 aliphatic carbocycles. The number of ether oxygens (including phenoxy) is 2. The molecule has 0 fully saturated rings. The molecule has 0 aliphatic heterocycles. The molecule has 0 radical (unpaired) electrons. The highest BCUT2D eigenvalue weighted by atomic mass is 16.5. The lowest BCUT2D eigenvalue weighted by molar-refractivity contribution is -0.117. The quantitative estimate of drug-likeness (QED) is 0.322. The number of nitriles is 1. The van der Waals surface area contributed by atoms with Gasteiger partial charge in [0.25, 0.3) is 11.5 Å². The number of fused-ring (bicyclic) bond motifs is 1. The van der Waals surface area contributed by atoms with E-state index in [1.807, 2.05) is 45.0 Å². The Morgan fingerprint density at radius 2 is 2.09 bits per heavy atom. The number of rotatable bonds is 8. The van der Waals surface area contributed by atoms with Crippen molar-refractivity contribution in [3.63, 3.8) is 0 Å². The van der Waals surface area contributed by atoms with Crippen molar-refractivity contribution in [3.05, 3.63) is 75.2 Å². The van der Waals surface area contributed by atoms with Crippen LogP contribution in [0.4, 0.5) is 0 Å². The Morgan fingerprint density at radius 1 is 1.30 bits per heavy atom. The highest BCUT2D eigenvalue weighted by molar-refractivity contribution is 6.01. The first-order valence-corrected chi connectivity index (χ1v) is 10.5. The van der Waals surface area contributed by atoms with Crippen molar-refractivity contribution in [3.8, 4) is 17.7 Å². The van der Waals surface area contributed by atoms with Crippen LogP contribution in [-0.4, -0.2) is 35.6 Å². The molecule has 8 heteroatoms. The van der Waals surface area contributed by atoms with Crippen LogP contribution in [0, 0.1) is 18.3 Å². The lowest BCUT2D eigenvalue weighted by Crippen LogP contribution is -2.28. The molecule has 3 rings (SSSR count). The van der Waals surface area contributed by atoms with Crippen LogP contribution >= 0.6 is 0 Å². The molecular formula is C25H26N4O4. The number of benzene rings is 1. The number of aryl methyl sites for hydroxylation is 1. The summed E-state index contributed by atoms with van der Waals surface area (Å²) in [6.45, 7) is 6.55. The SMILES string of the molecule is COCCNC(=O)C(C#N)=Cc1c(Oc2cc(C)ccc2C(C)C)nc2ccccn2c1=O. The molecule has 8 nitrogen and oxygen atoms in total. The smallest absolute Gasteiger partial charge is 0.269 e. The molecule has 1 N–H and O–H groups in total. The number of carbonyl (C=O) groups excluding carboxylic acids is 1. The van der Waals surface area contributed by atoms with Gasteiger partial charge in [-0.25, -0.2) is 0 Å². The standard InChI is InChI=1S/C25H26N4O4/c1-16(2)19-9-8-17(3)13-21(19)33-24-20(14-18(15-26)23(30)27-10-12-32-4)25(31)29-11-6-5-7-22(29)28-24/h5-9,11,13-14,16H,10,12H2,1-4H3,(H,27,30). The number of carbonyl (C=O) groups is 1. The average Bonchev–Trinajstić information content (AvgIpc) is 2.79. The van der Waals surface area contributed by atoms with Gasteiger partial charge < -0.3 is 14.8 Å². The molecule has 0 saturated carbocycles. The van der Waals surface area contributed by atoms with Gasteiger partial charge in [-0.2, -0.15) is 10.2 Å². The molecule has 2 aromatic heterocycles. The molecule has 0 saturated heterocycles. The van der Waals surface area contributed by atoms with E-state index in [2.05, 4.69) is 10.3 Å². The van der Waals surface area contributed by atoms with Gasteiger partial charge in [0, 0.05) is 19.9 Å². The van der Waals surface area contributed by atoms with Crippen molar-refractivity contribution < 1.29 is 14.3 Å². The number of amides is 1. The Bertz CT molecular complexity index is 1300. The Balaban J connectivity index is 2.17. The Hall–Kier alpha value is -3.96. The van der Waals surface area contributed by atoms with Crippen molar-refractivity contribution in [1.29, 1.82) is 5.26 Å². The monoisotopic (exact) mass is 446 g/mol. The highest BCUT2D eigenvalue weighted by Gasteiger charge is 2.19. The topological polar surface area (TPSA) is 106 Å². The van der Waals surface area contributed by atoms with Crippen LogP contribution in [0.5, 0.6) is 11.6 Å². The van der Waals surface area contributed by atoms with Crippen molar-refractivity contribution in [2.24, 2.45) is 0 Å². The minimum Gasteiger partial charge on any atom is -0.438 e. The number of pyridine rings is 1. The number of nitrogens with one attached hydrogen (secondary N) is 1. The van der Waals surface area contributed by atoms with Gasteiger partial charge in [-0.15, -0.1) is 0 Å². The number of methoxy groups -OCH3 is 1. The molecule has 0 spiro atoms. The van der Waals surface area contributed by atoms with E-state index in [0.717, 1.165) is 11.1 Å². The van der Waals surface area contributed by atoms with E-state index >= 15 is 0 Å². The van der Waals surface area contributed by atoms with Gasteiger partial charge in [0.1, 0.15) is 28.6 Å². The first-order valence-electron chi connectivity index (χ1n) is 10.5. The van der Waals surface area contributed by atoms with Crippen LogP contribution in [0.2, 0.25) is 0 Å². The lowest BCUT2D eigenvalue weighted by Gasteiger charge is -2.16. The fraction of sp³-hybridized carbons (Fsp3) is 0.280. The molecule has 0 atom stereocenters. The molecule has 2 heterocycles. The maximum Gasteiger partial charge on any atom is 0.269 e. The molecule has 1 aromatic carbocycles. The predicted molar refractivity (Wildman–Crippen MR) is 125 cm³/mol. The zero-order valence-corrected chi connectivity index (χ0v) is 19.1. The summed E-state index contributed by atoms with van der Waals surface area (Å²) in [5.41, 5.74) is 1.64. The van der Waals surface area contributed by atoms with Gasteiger partial charge in [0.05, 0.1) is 6.61 Å². The van der Waals surface area contributed by atoms with E-state index in [0.29, 0.717) is 18.0 Å². The fourth-order valence-corrected chi connectivity index (χ4v) is 3.25. The van der Waals surface area contributed by atoms with Crippen molar-refractivity contribution in [2.45, 2.75) is 26.7 Å². The maximum absolute atomic E-state index is 13.3. The summed E-state index contributed by atoms with van der Waals surface area (Å²) >= 11 is 0. The second-order valence-corrected chi connectivity index (χ2v) is 7.78. The van der Waals surface area contributed by atoms with E-state index in [1.54, 1.807) is 24.4 Å². The minimum absolute atomic E-state index is 0.00773. The number of nitrogens with zero attached hydrogens (tertiary/aromatic N) is 3. The van der Waals surface area contributed by atoms with E-state index in [4.69, 9.17) is 9.47 Å². The largest absolute Gasteiger partial charge is 0.438 e. The maximum atomic E-state index is 13.3. The van der Waals surface area contributed by atoms with Crippen LogP contribution in [-0.2, 0) is 9.53 Å². The van der Waals surface area contributed by atoms with Crippen molar-refractivity contribution in [1.82, 2.24) is 14.7 Å². The first-order chi connectivity index (χ1) is 15.8. The molecule has 0 unspecified atom stereocenters. The molecule has 0 bridgehead atoms. The van der Waals surface area contributed by atoms with Crippen LogP contribution < -0.4 is 15.6 Å². The van der Waals surface area contributed by atoms with Gasteiger partial charge in [-0.1, -0.05) is 32.0 Å². The first kappa shape index (κ1) is 23.7. The van der Waals surface area contributed by atoms with Gasteiger partial charge in [-0.3, -0.25) is 14.0 Å². The number of hydrogen-bond donors (Lipinski definition) is 1. The molecule has 1 amide bonds. The second kappa shape index (κ2) is 10.6. The van der Waals surface area contributed by atoms with Crippen molar-refractivity contribution >= 4 is 17.6 Å². The van der Waals surface area contributed by atoms with E-state index in [9.17, 15) is 14.9 Å². The third-order valence-corrected chi connectivity index (χ3v) is 4.98. The van der Waals surface area contributed by atoms with E-state index in [-0.39, 0.29) is 29.5 Å². The third-order valence-electron chi connectivity index (χ3n) is 4.98. The zero-order chi connectivity index (χ0) is 24.0. The number of aromatic nitrogens is 2. The van der Waals surface area contributed by atoms with Crippen LogP contribution in [0.3, 0.4) is 0 Å². The lowest BCUT2D eigenvalue weighted by atomic mass is 10.0. The summed E-state index contributed by atoms with van der Waals surface area (Å²) in [6.07, 6.45) is 2.79. The Labute approximate surface area is 192 Å². The molecule has 33 heavy (non-hydrogen) atoms. The van der Waals surface area contributed by atoms with Crippen LogP contribution in [0.15, 0.2) is 53.0 Å². The van der Waals surface area contributed by atoms with Gasteiger partial charge >= 0.3 is 0 Å². The Kier molecular flexibility index (Phi) is 7.59. The van der Waals surface area contributed by atoms with Crippen LogP contribution in [0.1, 0.15) is 36.5 Å². The molecule has 0 aliphatic rings. The third kappa shape index (κ3) is 5.45. The summed E-state index contributed by atoms with van der Waals surface area (Å²) in [4.78, 5) is 30.3. The predicted octanol–water partition coefficient (Wildman–Crippen LogP) is 3.59. The Morgan fingerprint density at radius 3 is 2.79 bits per heavy atom. The summed E-state index contributed by atoms with van der Waals surface area (Å²) in [5, 5.41) is 12.2. The van der Waals surface area contributed by atoms with Crippen molar-refractivity contribution in [2.75, 3.05) is 20.3 Å². The molecule has 3 aromatic rings. The number of hydrogen-bond acceptors (Lipinski definition) is 6. The minimum atomic E-state index is -0.614. The molecular weight excluding hydrogens is 420 g/mol. The van der Waals surface area contributed by atoms with E-state index < -0.39 is 11.5 Å². The zero-order valence-electron chi connectivity index (χ0n) is 19.1. The summed E-state index contributed by atoms with van der Waals surface area (Å²) in [6, 6.07) is 12.8. The van der Waals surface area contributed by atoms with Gasteiger partial charge in [-0.05, 0) is 48.2 Å². The van der Waals surface area contributed by atoms with Crippen LogP contribution in [0.25, 0.3) is 11.7 Å². The normalized spacial score (nSPS) is 11.5. The second-order valence-electron chi connectivity index (χ2n) is 7.78. The average molecular weight is 447 g/mol. The summed E-state index contributed by atoms with van der Waals surface area (Å²) in [7, 11) is 1.51. The van der Waals surface area contributed by atoms with E-state index in [1.165, 1.54) is 17.6 Å². The summed E-state index contributed by atoms with van der Waals surface area (Å²) < 4.78 is 12.4.